The Balaban J connectivity index is 0.00000264. The van der Waals surface area contributed by atoms with Crippen molar-refractivity contribution in [1.29, 1.82) is 0 Å². The van der Waals surface area contributed by atoms with Crippen molar-refractivity contribution in [3.63, 3.8) is 0 Å². The average Bonchev–Trinajstić information content (AvgIpc) is 2.97. The summed E-state index contributed by atoms with van der Waals surface area (Å²) in [6.07, 6.45) is 5.45. The minimum Gasteiger partial charge on any atom is -1.00 e. The first-order valence-electron chi connectivity index (χ1n) is 7.45. The van der Waals surface area contributed by atoms with Gasteiger partial charge in [0.1, 0.15) is 12.4 Å². The number of carbonyl (C=O) groups is 2. The maximum Gasteiger partial charge on any atom is 0.338 e. The summed E-state index contributed by atoms with van der Waals surface area (Å²) in [5, 5.41) is 0. The maximum atomic E-state index is 11.6. The molecule has 1 aromatic heterocycles. The van der Waals surface area contributed by atoms with Crippen LogP contribution in [0.2, 0.25) is 0 Å². The lowest BCUT2D eigenvalue weighted by atomic mass is 10.1. The number of aryl methyl sites for hydroxylation is 2. The van der Waals surface area contributed by atoms with Gasteiger partial charge in [0.2, 0.25) is 5.78 Å². The number of imidazole rings is 1. The standard InChI is InChI=1S/C17H20N2O3.HI/c1-3-22-17(21)15-8-6-14(7-9-15)5-4-11-19-12-10-18-16(19)13(2)20;/h6-10,12H,3-5,11H2,1-2H3;1H. The third-order valence-electron chi connectivity index (χ3n) is 3.42. The zero-order chi connectivity index (χ0) is 15.9. The maximum absolute atomic E-state index is 11.6. The van der Waals surface area contributed by atoms with Crippen LogP contribution in [0.3, 0.4) is 0 Å². The van der Waals surface area contributed by atoms with Crippen LogP contribution in [-0.4, -0.2) is 23.3 Å². The lowest BCUT2D eigenvalue weighted by Gasteiger charge is -2.04. The van der Waals surface area contributed by atoms with Gasteiger partial charge in [-0.05, 0) is 37.5 Å². The molecule has 0 saturated carbocycles. The van der Waals surface area contributed by atoms with Crippen molar-refractivity contribution in [3.8, 4) is 0 Å². The molecule has 0 radical (unpaired) electrons. The summed E-state index contributed by atoms with van der Waals surface area (Å²) in [5.41, 5.74) is 1.73. The van der Waals surface area contributed by atoms with E-state index < -0.39 is 0 Å². The Hall–Kier alpha value is -1.70. The molecule has 0 fully saturated rings. The fraction of sp³-hybridized carbons (Fsp3) is 0.353. The fourth-order valence-electron chi connectivity index (χ4n) is 2.33. The summed E-state index contributed by atoms with van der Waals surface area (Å²) >= 11 is 0. The Labute approximate surface area is 153 Å². The van der Waals surface area contributed by atoms with E-state index in [0.717, 1.165) is 24.9 Å². The SMILES string of the molecule is CCOC(=O)c1ccc(CCC[n+]2cc[nH]c2C(C)=O)cc1.[I-]. The number of benzene rings is 1. The molecule has 0 unspecified atom stereocenters. The zero-order valence-electron chi connectivity index (χ0n) is 13.3. The van der Waals surface area contributed by atoms with Gasteiger partial charge in [-0.2, -0.15) is 0 Å². The van der Waals surface area contributed by atoms with Gasteiger partial charge in [0.05, 0.1) is 18.7 Å². The Morgan fingerprint density at radius 2 is 1.91 bits per heavy atom. The van der Waals surface area contributed by atoms with Gasteiger partial charge in [-0.3, -0.25) is 4.79 Å². The molecule has 5 nitrogen and oxygen atoms in total. The third-order valence-corrected chi connectivity index (χ3v) is 3.42. The number of halogens is 1. The Kier molecular flexibility index (Phi) is 7.94. The molecule has 0 aliphatic heterocycles. The molecule has 1 aromatic carbocycles. The van der Waals surface area contributed by atoms with Crippen LogP contribution in [0.4, 0.5) is 0 Å². The van der Waals surface area contributed by atoms with Crippen LogP contribution in [0.15, 0.2) is 36.7 Å². The number of esters is 1. The van der Waals surface area contributed by atoms with E-state index in [4.69, 9.17) is 4.74 Å². The predicted molar refractivity (Wildman–Crippen MR) is 81.7 cm³/mol. The molecule has 0 aliphatic carbocycles. The van der Waals surface area contributed by atoms with E-state index in [1.165, 1.54) is 0 Å². The van der Waals surface area contributed by atoms with Gasteiger partial charge in [0, 0.05) is 6.92 Å². The zero-order valence-corrected chi connectivity index (χ0v) is 15.5. The summed E-state index contributed by atoms with van der Waals surface area (Å²) in [6.45, 7) is 4.50. The van der Waals surface area contributed by atoms with E-state index in [9.17, 15) is 9.59 Å². The first-order chi connectivity index (χ1) is 10.6. The van der Waals surface area contributed by atoms with Gasteiger partial charge in [0.15, 0.2) is 0 Å². The van der Waals surface area contributed by atoms with E-state index in [-0.39, 0.29) is 35.7 Å². The summed E-state index contributed by atoms with van der Waals surface area (Å²) in [7, 11) is 0. The number of hydrogen-bond acceptors (Lipinski definition) is 3. The molecule has 0 atom stereocenters. The van der Waals surface area contributed by atoms with E-state index in [0.29, 0.717) is 18.0 Å². The molecule has 23 heavy (non-hydrogen) atoms. The molecule has 0 amide bonds. The van der Waals surface area contributed by atoms with Gasteiger partial charge in [-0.25, -0.2) is 14.3 Å². The number of aromatic amines is 1. The minimum atomic E-state index is -0.289. The number of nitrogens with zero attached hydrogens (tertiary/aromatic N) is 1. The highest BCUT2D eigenvalue weighted by Gasteiger charge is 2.14. The Bertz CT molecular complexity index is 650. The first-order valence-corrected chi connectivity index (χ1v) is 7.45. The molecule has 1 N–H and O–H groups in total. The molecule has 1 heterocycles. The first kappa shape index (κ1) is 19.3. The van der Waals surface area contributed by atoms with Crippen LogP contribution >= 0.6 is 0 Å². The van der Waals surface area contributed by atoms with Gasteiger partial charge in [-0.1, -0.05) is 12.1 Å². The van der Waals surface area contributed by atoms with E-state index in [2.05, 4.69) is 4.98 Å². The monoisotopic (exact) mass is 428 g/mol. The summed E-state index contributed by atoms with van der Waals surface area (Å²) in [6, 6.07) is 7.47. The highest BCUT2D eigenvalue weighted by molar-refractivity contribution is 5.89. The van der Waals surface area contributed by atoms with Crippen molar-refractivity contribution in [2.45, 2.75) is 33.2 Å². The van der Waals surface area contributed by atoms with Gasteiger partial charge < -0.3 is 28.7 Å². The van der Waals surface area contributed by atoms with Crippen molar-refractivity contribution >= 4 is 11.8 Å². The molecule has 2 aromatic rings. The molecule has 124 valence electrons. The number of ether oxygens (including phenoxy) is 1. The number of rotatable bonds is 7. The fourth-order valence-corrected chi connectivity index (χ4v) is 2.33. The molecular formula is C17H21IN2O3. The average molecular weight is 428 g/mol. The number of hydrogen-bond donors (Lipinski definition) is 1. The molecular weight excluding hydrogens is 407 g/mol. The Morgan fingerprint density at radius 1 is 1.22 bits per heavy atom. The normalized spacial score (nSPS) is 10.0. The van der Waals surface area contributed by atoms with Crippen LogP contribution in [0.5, 0.6) is 0 Å². The molecule has 6 heteroatoms. The van der Waals surface area contributed by atoms with Crippen LogP contribution in [0, 0.1) is 0 Å². The lowest BCUT2D eigenvalue weighted by Crippen LogP contribution is -3.00. The van der Waals surface area contributed by atoms with E-state index in [1.54, 1.807) is 32.2 Å². The topological polar surface area (TPSA) is 63.0 Å². The minimum absolute atomic E-state index is 0. The van der Waals surface area contributed by atoms with Gasteiger partial charge >= 0.3 is 11.8 Å². The van der Waals surface area contributed by atoms with E-state index >= 15 is 0 Å². The second kappa shape index (κ2) is 9.44. The van der Waals surface area contributed by atoms with Crippen molar-refractivity contribution in [1.82, 2.24) is 4.98 Å². The van der Waals surface area contributed by atoms with Crippen molar-refractivity contribution in [2.75, 3.05) is 6.61 Å². The van der Waals surface area contributed by atoms with Crippen LogP contribution in [0.25, 0.3) is 0 Å². The number of ketones is 1. The van der Waals surface area contributed by atoms with Crippen molar-refractivity contribution in [3.05, 3.63) is 53.6 Å². The molecule has 0 aliphatic rings. The lowest BCUT2D eigenvalue weighted by molar-refractivity contribution is -0.697. The van der Waals surface area contributed by atoms with Crippen LogP contribution < -0.4 is 28.5 Å². The molecule has 0 bridgehead atoms. The summed E-state index contributed by atoms with van der Waals surface area (Å²) < 4.78 is 6.88. The largest absolute Gasteiger partial charge is 1.00 e. The molecule has 0 spiro atoms. The number of H-pyrrole nitrogens is 1. The van der Waals surface area contributed by atoms with Crippen LogP contribution in [-0.2, 0) is 17.7 Å². The third kappa shape index (κ3) is 5.46. The molecule has 2 rings (SSSR count). The number of nitrogens with one attached hydrogen (secondary N) is 1. The summed E-state index contributed by atoms with van der Waals surface area (Å²) in [4.78, 5) is 25.9. The predicted octanol–water partition coefficient (Wildman–Crippen LogP) is -0.682. The van der Waals surface area contributed by atoms with Crippen LogP contribution in [0.1, 0.15) is 46.8 Å². The van der Waals surface area contributed by atoms with Crippen molar-refractivity contribution in [2.24, 2.45) is 0 Å². The number of carbonyl (C=O) groups excluding carboxylic acids is 2. The second-order valence-corrected chi connectivity index (χ2v) is 5.08. The van der Waals surface area contributed by atoms with Gasteiger partial charge in [-0.15, -0.1) is 0 Å². The smallest absolute Gasteiger partial charge is 0.338 e. The molecule has 0 saturated heterocycles. The Morgan fingerprint density at radius 3 is 2.52 bits per heavy atom. The highest BCUT2D eigenvalue weighted by atomic mass is 127. The quantitative estimate of drug-likeness (QED) is 0.275. The second-order valence-electron chi connectivity index (χ2n) is 5.08. The number of aromatic nitrogens is 2. The highest BCUT2D eigenvalue weighted by Crippen LogP contribution is 2.08. The van der Waals surface area contributed by atoms with E-state index in [1.807, 2.05) is 22.9 Å². The summed E-state index contributed by atoms with van der Waals surface area (Å²) in [5.74, 6) is 0.365. The van der Waals surface area contributed by atoms with Gasteiger partial charge in [0.25, 0.3) is 0 Å². The number of Topliss-reactive ketones (excluding diaryl/α,β-unsaturated/α-hetero) is 1. The van der Waals surface area contributed by atoms with Crippen molar-refractivity contribution < 1.29 is 42.9 Å².